The van der Waals surface area contributed by atoms with Crippen molar-refractivity contribution in [2.75, 3.05) is 31.1 Å². The molecule has 0 bridgehead atoms. The van der Waals surface area contributed by atoms with Crippen LogP contribution >= 0.6 is 22.6 Å². The molecular weight excluding hydrogens is 342 g/mol. The minimum atomic E-state index is -0.111. The van der Waals surface area contributed by atoms with Crippen LogP contribution < -0.4 is 10.2 Å². The summed E-state index contributed by atoms with van der Waals surface area (Å²) in [7, 11) is 0. The van der Waals surface area contributed by atoms with Crippen LogP contribution in [0.2, 0.25) is 0 Å². The maximum atomic E-state index is 13.5. The van der Waals surface area contributed by atoms with Crippen molar-refractivity contribution in [3.63, 3.8) is 0 Å². The second kappa shape index (κ2) is 6.70. The highest BCUT2D eigenvalue weighted by Gasteiger charge is 2.24. The van der Waals surface area contributed by atoms with Crippen LogP contribution in [-0.4, -0.2) is 26.2 Å². The number of nitrogens with zero attached hydrogens (tertiary/aromatic N) is 1. The van der Waals surface area contributed by atoms with E-state index >= 15 is 0 Å². The SMILES string of the molecule is CCCNCC1CCN(c2cccc(F)c2I)C1. The molecule has 0 aliphatic carbocycles. The van der Waals surface area contributed by atoms with Gasteiger partial charge in [0.05, 0.1) is 9.26 Å². The van der Waals surface area contributed by atoms with E-state index in [9.17, 15) is 4.39 Å². The molecule has 0 amide bonds. The van der Waals surface area contributed by atoms with Gasteiger partial charge in [-0.2, -0.15) is 0 Å². The van der Waals surface area contributed by atoms with Gasteiger partial charge in [0.2, 0.25) is 0 Å². The van der Waals surface area contributed by atoms with Crippen molar-refractivity contribution in [1.82, 2.24) is 5.32 Å². The maximum Gasteiger partial charge on any atom is 0.138 e. The molecule has 1 unspecified atom stereocenters. The molecule has 1 atom stereocenters. The normalized spacial score (nSPS) is 19.5. The molecule has 2 nitrogen and oxygen atoms in total. The summed E-state index contributed by atoms with van der Waals surface area (Å²) in [5.41, 5.74) is 1.05. The summed E-state index contributed by atoms with van der Waals surface area (Å²) in [5.74, 6) is 0.580. The lowest BCUT2D eigenvalue weighted by Gasteiger charge is -2.20. The van der Waals surface area contributed by atoms with Gasteiger partial charge in [0, 0.05) is 13.1 Å². The minimum absolute atomic E-state index is 0.111. The summed E-state index contributed by atoms with van der Waals surface area (Å²) in [6.07, 6.45) is 2.38. The van der Waals surface area contributed by atoms with Crippen LogP contribution in [0.25, 0.3) is 0 Å². The predicted octanol–water partition coefficient (Wildman–Crippen LogP) is 3.26. The van der Waals surface area contributed by atoms with Crippen molar-refractivity contribution in [1.29, 1.82) is 0 Å². The summed E-state index contributed by atoms with van der Waals surface area (Å²) >= 11 is 2.10. The molecule has 1 aromatic rings. The molecule has 1 aromatic carbocycles. The summed E-state index contributed by atoms with van der Waals surface area (Å²) in [6, 6.07) is 5.35. The number of halogens is 2. The fourth-order valence-electron chi connectivity index (χ4n) is 2.44. The summed E-state index contributed by atoms with van der Waals surface area (Å²) in [5, 5.41) is 3.47. The van der Waals surface area contributed by atoms with Crippen molar-refractivity contribution in [3.8, 4) is 0 Å². The minimum Gasteiger partial charge on any atom is -0.370 e. The predicted molar refractivity (Wildman–Crippen MR) is 82.6 cm³/mol. The Bertz CT molecular complexity index is 397. The van der Waals surface area contributed by atoms with E-state index in [-0.39, 0.29) is 5.82 Å². The summed E-state index contributed by atoms with van der Waals surface area (Å²) < 4.78 is 14.3. The van der Waals surface area contributed by atoms with Gasteiger partial charge in [0.25, 0.3) is 0 Å². The molecule has 18 heavy (non-hydrogen) atoms. The smallest absolute Gasteiger partial charge is 0.138 e. The Balaban J connectivity index is 1.94. The third-order valence-corrected chi connectivity index (χ3v) is 4.49. The van der Waals surface area contributed by atoms with Crippen LogP contribution in [0.1, 0.15) is 19.8 Å². The first kappa shape index (κ1) is 14.1. The Morgan fingerprint density at radius 3 is 3.11 bits per heavy atom. The standard InChI is InChI=1S/C14H20FIN2/c1-2-7-17-9-11-6-8-18(10-11)13-5-3-4-12(15)14(13)16/h3-5,11,17H,2,6-10H2,1H3. The van der Waals surface area contributed by atoms with Gasteiger partial charge < -0.3 is 10.2 Å². The lowest BCUT2D eigenvalue weighted by atomic mass is 10.1. The van der Waals surface area contributed by atoms with E-state index in [4.69, 9.17) is 0 Å². The van der Waals surface area contributed by atoms with Gasteiger partial charge in [-0.05, 0) is 66.6 Å². The first-order chi connectivity index (χ1) is 8.72. The molecule has 0 spiro atoms. The molecule has 1 aliphatic heterocycles. The van der Waals surface area contributed by atoms with E-state index in [0.717, 1.165) is 35.4 Å². The van der Waals surface area contributed by atoms with Crippen LogP contribution in [0.5, 0.6) is 0 Å². The first-order valence-electron chi connectivity index (χ1n) is 6.62. The molecule has 0 saturated carbocycles. The van der Waals surface area contributed by atoms with Gasteiger partial charge in [0.15, 0.2) is 0 Å². The molecule has 2 rings (SSSR count). The van der Waals surface area contributed by atoms with Crippen molar-refractivity contribution >= 4 is 28.3 Å². The van der Waals surface area contributed by atoms with Crippen LogP contribution in [-0.2, 0) is 0 Å². The zero-order valence-corrected chi connectivity index (χ0v) is 12.9. The number of nitrogens with one attached hydrogen (secondary N) is 1. The van der Waals surface area contributed by atoms with E-state index in [1.807, 2.05) is 6.07 Å². The quantitative estimate of drug-likeness (QED) is 0.639. The van der Waals surface area contributed by atoms with Crippen molar-refractivity contribution in [2.45, 2.75) is 19.8 Å². The Hall–Kier alpha value is -0.360. The molecule has 1 aliphatic rings. The van der Waals surface area contributed by atoms with Gasteiger partial charge in [-0.3, -0.25) is 0 Å². The lowest BCUT2D eigenvalue weighted by molar-refractivity contribution is 0.516. The van der Waals surface area contributed by atoms with Crippen molar-refractivity contribution < 1.29 is 4.39 Å². The number of hydrogen-bond acceptors (Lipinski definition) is 2. The zero-order valence-electron chi connectivity index (χ0n) is 10.8. The number of benzene rings is 1. The molecule has 1 heterocycles. The molecule has 100 valence electrons. The van der Waals surface area contributed by atoms with Gasteiger partial charge >= 0.3 is 0 Å². The van der Waals surface area contributed by atoms with E-state index < -0.39 is 0 Å². The van der Waals surface area contributed by atoms with E-state index in [2.05, 4.69) is 39.7 Å². The van der Waals surface area contributed by atoms with Crippen LogP contribution in [0.4, 0.5) is 10.1 Å². The largest absolute Gasteiger partial charge is 0.370 e. The summed E-state index contributed by atoms with van der Waals surface area (Å²) in [6.45, 7) is 6.43. The Kier molecular flexibility index (Phi) is 5.24. The molecular formula is C14H20FIN2. The molecule has 0 radical (unpaired) electrons. The van der Waals surface area contributed by atoms with E-state index in [1.165, 1.54) is 18.9 Å². The molecule has 0 aromatic heterocycles. The van der Waals surface area contributed by atoms with Gasteiger partial charge in [0.1, 0.15) is 5.82 Å². The topological polar surface area (TPSA) is 15.3 Å². The molecule has 1 N–H and O–H groups in total. The van der Waals surface area contributed by atoms with Gasteiger partial charge in [-0.15, -0.1) is 0 Å². The monoisotopic (exact) mass is 362 g/mol. The molecule has 1 fully saturated rings. The average Bonchev–Trinajstić information content (AvgIpc) is 2.82. The highest BCUT2D eigenvalue weighted by Crippen LogP contribution is 2.29. The van der Waals surface area contributed by atoms with Gasteiger partial charge in [-0.1, -0.05) is 13.0 Å². The molecule has 1 saturated heterocycles. The first-order valence-corrected chi connectivity index (χ1v) is 7.70. The van der Waals surface area contributed by atoms with E-state index in [1.54, 1.807) is 6.07 Å². The van der Waals surface area contributed by atoms with Crippen LogP contribution in [0.3, 0.4) is 0 Å². The third-order valence-electron chi connectivity index (χ3n) is 3.42. The Morgan fingerprint density at radius 1 is 1.50 bits per heavy atom. The fourth-order valence-corrected chi connectivity index (χ4v) is 3.14. The van der Waals surface area contributed by atoms with Crippen LogP contribution in [0, 0.1) is 15.3 Å². The average molecular weight is 362 g/mol. The Morgan fingerprint density at radius 2 is 2.33 bits per heavy atom. The fraction of sp³-hybridized carbons (Fsp3) is 0.571. The summed E-state index contributed by atoms with van der Waals surface area (Å²) in [4.78, 5) is 2.31. The molecule has 4 heteroatoms. The lowest BCUT2D eigenvalue weighted by Crippen LogP contribution is -2.27. The second-order valence-corrected chi connectivity index (χ2v) is 5.96. The number of rotatable bonds is 5. The maximum absolute atomic E-state index is 13.5. The Labute approximate surface area is 122 Å². The van der Waals surface area contributed by atoms with Crippen molar-refractivity contribution in [3.05, 3.63) is 27.6 Å². The highest BCUT2D eigenvalue weighted by molar-refractivity contribution is 14.1. The number of hydrogen-bond donors (Lipinski definition) is 1. The highest BCUT2D eigenvalue weighted by atomic mass is 127. The second-order valence-electron chi connectivity index (χ2n) is 4.88. The van der Waals surface area contributed by atoms with Crippen LogP contribution in [0.15, 0.2) is 18.2 Å². The van der Waals surface area contributed by atoms with Gasteiger partial charge in [-0.25, -0.2) is 4.39 Å². The third kappa shape index (κ3) is 3.35. The van der Waals surface area contributed by atoms with E-state index in [0.29, 0.717) is 5.92 Å². The number of anilines is 1. The zero-order chi connectivity index (χ0) is 13.0. The van der Waals surface area contributed by atoms with Crippen molar-refractivity contribution in [2.24, 2.45) is 5.92 Å².